The predicted molar refractivity (Wildman–Crippen MR) is 60.1 cm³/mol. The maximum absolute atomic E-state index is 10.2. The smallest absolute Gasteiger partial charge is 0.293 e. The van der Waals surface area contributed by atoms with Gasteiger partial charge in [-0.3, -0.25) is 4.79 Å². The average molecular weight is 234 g/mol. The van der Waals surface area contributed by atoms with Gasteiger partial charge in [-0.15, -0.1) is 0 Å². The van der Waals surface area contributed by atoms with Crippen LogP contribution in [0.3, 0.4) is 0 Å². The maximum Gasteiger partial charge on any atom is 0.293 e. The van der Waals surface area contributed by atoms with Gasteiger partial charge in [0.15, 0.2) is 11.5 Å². The van der Waals surface area contributed by atoms with Crippen molar-refractivity contribution in [1.29, 1.82) is 0 Å². The Morgan fingerprint density at radius 3 is 2.82 bits per heavy atom. The van der Waals surface area contributed by atoms with Crippen LogP contribution < -0.4 is 9.47 Å². The first-order valence-electron chi connectivity index (χ1n) is 5.83. The molecule has 0 spiro atoms. The zero-order valence-corrected chi connectivity index (χ0v) is 9.48. The second-order valence-electron chi connectivity index (χ2n) is 4.51. The van der Waals surface area contributed by atoms with Gasteiger partial charge in [-0.05, 0) is 48.4 Å². The monoisotopic (exact) mass is 234 g/mol. The molecule has 0 amide bonds. The van der Waals surface area contributed by atoms with Crippen molar-refractivity contribution in [3.63, 3.8) is 0 Å². The van der Waals surface area contributed by atoms with Crippen LogP contribution in [0.4, 0.5) is 0 Å². The Hall–Kier alpha value is -1.71. The second kappa shape index (κ2) is 4.28. The zero-order valence-electron chi connectivity index (χ0n) is 9.48. The van der Waals surface area contributed by atoms with Crippen molar-refractivity contribution in [3.8, 4) is 11.5 Å². The normalized spacial score (nSPS) is 20.8. The van der Waals surface area contributed by atoms with Crippen LogP contribution >= 0.6 is 0 Å². The van der Waals surface area contributed by atoms with Gasteiger partial charge in [-0.1, -0.05) is 0 Å². The quantitative estimate of drug-likeness (QED) is 0.747. The number of aryl methyl sites for hydroxylation is 1. The summed E-state index contributed by atoms with van der Waals surface area (Å²) in [7, 11) is 0. The summed E-state index contributed by atoms with van der Waals surface area (Å²) in [6, 6.07) is 4.14. The number of hydrogen-bond donors (Lipinski definition) is 0. The van der Waals surface area contributed by atoms with Gasteiger partial charge in [0, 0.05) is 0 Å². The summed E-state index contributed by atoms with van der Waals surface area (Å²) in [5.41, 5.74) is 2.62. The molecular weight excluding hydrogens is 220 g/mol. The molecule has 1 aromatic carbocycles. The minimum absolute atomic E-state index is 0.315. The number of ether oxygens (including phenoxy) is 3. The van der Waals surface area contributed by atoms with Crippen LogP contribution in [0.5, 0.6) is 11.5 Å². The summed E-state index contributed by atoms with van der Waals surface area (Å²) in [4.78, 5) is 10.2. The van der Waals surface area contributed by atoms with Gasteiger partial charge < -0.3 is 14.2 Å². The number of carbonyl (C=O) groups excluding carboxylic acids is 1. The van der Waals surface area contributed by atoms with E-state index in [1.54, 1.807) is 0 Å². The molecule has 1 aliphatic heterocycles. The van der Waals surface area contributed by atoms with Crippen LogP contribution in [-0.4, -0.2) is 19.9 Å². The molecule has 2 aliphatic rings. The Morgan fingerprint density at radius 2 is 2.06 bits per heavy atom. The lowest BCUT2D eigenvalue weighted by molar-refractivity contribution is -0.130. The molecule has 0 fully saturated rings. The summed E-state index contributed by atoms with van der Waals surface area (Å²) in [5.74, 6) is 2.11. The van der Waals surface area contributed by atoms with Crippen LogP contribution in [-0.2, 0) is 22.4 Å². The Morgan fingerprint density at radius 1 is 1.29 bits per heavy atom. The Balaban J connectivity index is 1.80. The van der Waals surface area contributed by atoms with Crippen LogP contribution in [0, 0.1) is 5.92 Å². The summed E-state index contributed by atoms with van der Waals surface area (Å²) in [6.45, 7) is 1.35. The van der Waals surface area contributed by atoms with Crippen LogP contribution in [0.1, 0.15) is 17.5 Å². The highest BCUT2D eigenvalue weighted by Gasteiger charge is 2.23. The largest absolute Gasteiger partial charge is 0.468 e. The van der Waals surface area contributed by atoms with Crippen molar-refractivity contribution >= 4 is 6.47 Å². The number of benzene rings is 1. The third kappa shape index (κ3) is 1.95. The zero-order chi connectivity index (χ0) is 11.7. The number of fused-ring (bicyclic) bond motifs is 2. The van der Waals surface area contributed by atoms with Crippen LogP contribution in [0.25, 0.3) is 0 Å². The third-order valence-electron chi connectivity index (χ3n) is 3.43. The SMILES string of the molecule is O=COCC1CCc2cc3c(cc2C1)OCO3. The molecule has 1 aliphatic carbocycles. The van der Waals surface area contributed by atoms with E-state index >= 15 is 0 Å². The van der Waals surface area contributed by atoms with Crippen molar-refractivity contribution < 1.29 is 19.0 Å². The van der Waals surface area contributed by atoms with Crippen molar-refractivity contribution in [2.24, 2.45) is 5.92 Å². The minimum atomic E-state index is 0.315. The fourth-order valence-corrected chi connectivity index (χ4v) is 2.54. The highest BCUT2D eigenvalue weighted by Crippen LogP contribution is 2.38. The first-order valence-corrected chi connectivity index (χ1v) is 5.83. The van der Waals surface area contributed by atoms with Crippen molar-refractivity contribution in [2.75, 3.05) is 13.4 Å². The van der Waals surface area contributed by atoms with Gasteiger partial charge in [0.1, 0.15) is 0 Å². The first kappa shape index (κ1) is 10.4. The average Bonchev–Trinajstić information content (AvgIpc) is 2.80. The van der Waals surface area contributed by atoms with Gasteiger partial charge in [0.25, 0.3) is 6.47 Å². The van der Waals surface area contributed by atoms with E-state index in [0.29, 0.717) is 25.8 Å². The van der Waals surface area contributed by atoms with Gasteiger partial charge in [-0.25, -0.2) is 0 Å². The molecule has 1 aromatic rings. The Kier molecular flexibility index (Phi) is 2.63. The molecule has 0 saturated carbocycles. The maximum atomic E-state index is 10.2. The van der Waals surface area contributed by atoms with Crippen LogP contribution in [0.2, 0.25) is 0 Å². The second-order valence-corrected chi connectivity index (χ2v) is 4.51. The van der Waals surface area contributed by atoms with Crippen molar-refractivity contribution in [3.05, 3.63) is 23.3 Å². The number of carbonyl (C=O) groups is 1. The molecule has 0 N–H and O–H groups in total. The predicted octanol–water partition coefficient (Wildman–Crippen LogP) is 1.69. The van der Waals surface area contributed by atoms with Gasteiger partial charge in [0.05, 0.1) is 6.61 Å². The highest BCUT2D eigenvalue weighted by molar-refractivity contribution is 5.49. The lowest BCUT2D eigenvalue weighted by atomic mass is 9.84. The molecule has 3 rings (SSSR count). The topological polar surface area (TPSA) is 44.8 Å². The fourth-order valence-electron chi connectivity index (χ4n) is 2.54. The Labute approximate surface area is 99.5 Å². The molecule has 0 saturated heterocycles. The number of hydrogen-bond acceptors (Lipinski definition) is 4. The standard InChI is InChI=1S/C13H14O4/c14-7-15-6-9-1-2-10-4-12-13(17-8-16-12)5-11(10)3-9/h4-5,7,9H,1-3,6,8H2. The van der Waals surface area contributed by atoms with Crippen LogP contribution in [0.15, 0.2) is 12.1 Å². The lowest BCUT2D eigenvalue weighted by Crippen LogP contribution is -2.18. The van der Waals surface area contributed by atoms with E-state index in [0.717, 1.165) is 30.8 Å². The molecule has 4 nitrogen and oxygen atoms in total. The first-order chi connectivity index (χ1) is 8.36. The van der Waals surface area contributed by atoms with E-state index in [2.05, 4.69) is 12.1 Å². The summed E-state index contributed by atoms with van der Waals surface area (Å²) in [6.07, 6.45) is 3.01. The van der Waals surface area contributed by atoms with E-state index in [1.807, 2.05) is 0 Å². The molecule has 90 valence electrons. The van der Waals surface area contributed by atoms with E-state index in [1.165, 1.54) is 11.1 Å². The fraction of sp³-hybridized carbons (Fsp3) is 0.462. The molecule has 4 heteroatoms. The molecule has 17 heavy (non-hydrogen) atoms. The molecule has 0 radical (unpaired) electrons. The van der Waals surface area contributed by atoms with Gasteiger partial charge in [-0.2, -0.15) is 0 Å². The minimum Gasteiger partial charge on any atom is -0.468 e. The van der Waals surface area contributed by atoms with Gasteiger partial charge >= 0.3 is 0 Å². The summed E-state index contributed by atoms with van der Waals surface area (Å²) >= 11 is 0. The molecule has 1 unspecified atom stereocenters. The van der Waals surface area contributed by atoms with E-state index in [-0.39, 0.29) is 0 Å². The third-order valence-corrected chi connectivity index (χ3v) is 3.43. The summed E-state index contributed by atoms with van der Waals surface area (Å²) < 4.78 is 15.6. The van der Waals surface area contributed by atoms with Gasteiger partial charge in [0.2, 0.25) is 6.79 Å². The van der Waals surface area contributed by atoms with E-state index in [4.69, 9.17) is 14.2 Å². The molecular formula is C13H14O4. The Bertz CT molecular complexity index is 441. The molecule has 0 aromatic heterocycles. The van der Waals surface area contributed by atoms with E-state index < -0.39 is 0 Å². The van der Waals surface area contributed by atoms with E-state index in [9.17, 15) is 4.79 Å². The molecule has 0 bridgehead atoms. The van der Waals surface area contributed by atoms with Crippen molar-refractivity contribution in [2.45, 2.75) is 19.3 Å². The highest BCUT2D eigenvalue weighted by atomic mass is 16.7. The lowest BCUT2D eigenvalue weighted by Gasteiger charge is -2.23. The van der Waals surface area contributed by atoms with Crippen molar-refractivity contribution in [1.82, 2.24) is 0 Å². The molecule has 1 atom stereocenters. The molecule has 1 heterocycles. The summed E-state index contributed by atoms with van der Waals surface area (Å²) in [5, 5.41) is 0. The number of rotatable bonds is 3.